The van der Waals surface area contributed by atoms with Gasteiger partial charge in [-0.3, -0.25) is 19.0 Å². The molecule has 0 unspecified atom stereocenters. The third-order valence-electron chi connectivity index (χ3n) is 4.62. The molecule has 0 fully saturated rings. The van der Waals surface area contributed by atoms with E-state index in [-0.39, 0.29) is 17.5 Å². The number of anilines is 1. The van der Waals surface area contributed by atoms with E-state index >= 15 is 0 Å². The smallest absolute Gasteiger partial charge is 0.273 e. The Labute approximate surface area is 177 Å². The fraction of sp³-hybridized carbons (Fsp3) is 0.300. The Morgan fingerprint density at radius 1 is 1.10 bits per heavy atom. The molecular formula is C20H23BrN6O2. The van der Waals surface area contributed by atoms with Gasteiger partial charge in [-0.2, -0.15) is 10.2 Å². The first-order valence-corrected chi connectivity index (χ1v) is 10.0. The molecule has 1 aromatic carbocycles. The van der Waals surface area contributed by atoms with Crippen molar-refractivity contribution in [2.45, 2.75) is 33.9 Å². The van der Waals surface area contributed by atoms with Crippen LogP contribution in [0, 0.1) is 13.8 Å². The average Bonchev–Trinajstić information content (AvgIpc) is 3.24. The van der Waals surface area contributed by atoms with Crippen LogP contribution < -0.4 is 10.6 Å². The standard InChI is InChI=1S/C20H23BrN6O2/c1-5-26-11-16(18(25-26)20(29)22-4)23-19(28)15-8-6-14(7-9-15)10-27-13(3)17(21)12(2)24-27/h6-9,11H,5,10H2,1-4H3,(H,22,29)(H,23,28). The molecule has 3 rings (SSSR count). The van der Waals surface area contributed by atoms with Crippen molar-refractivity contribution >= 4 is 33.4 Å². The van der Waals surface area contributed by atoms with E-state index in [1.807, 2.05) is 37.6 Å². The Bertz CT molecular complexity index is 1050. The van der Waals surface area contributed by atoms with Crippen LogP contribution in [0.15, 0.2) is 34.9 Å². The fourth-order valence-corrected chi connectivity index (χ4v) is 3.20. The van der Waals surface area contributed by atoms with Gasteiger partial charge in [0, 0.05) is 25.4 Å². The summed E-state index contributed by atoms with van der Waals surface area (Å²) >= 11 is 3.53. The second-order valence-electron chi connectivity index (χ2n) is 6.62. The number of nitrogens with one attached hydrogen (secondary N) is 2. The van der Waals surface area contributed by atoms with Crippen molar-refractivity contribution in [3.63, 3.8) is 0 Å². The summed E-state index contributed by atoms with van der Waals surface area (Å²) in [7, 11) is 1.53. The quantitative estimate of drug-likeness (QED) is 0.593. The largest absolute Gasteiger partial charge is 0.354 e. The number of rotatable bonds is 6. The van der Waals surface area contributed by atoms with Gasteiger partial charge in [-0.05, 0) is 54.4 Å². The summed E-state index contributed by atoms with van der Waals surface area (Å²) in [6.07, 6.45) is 1.65. The third-order valence-corrected chi connectivity index (χ3v) is 5.77. The van der Waals surface area contributed by atoms with Crippen LogP contribution in [0.1, 0.15) is 44.7 Å². The Balaban J connectivity index is 1.75. The lowest BCUT2D eigenvalue weighted by Crippen LogP contribution is -2.21. The number of aromatic nitrogens is 4. The highest BCUT2D eigenvalue weighted by Crippen LogP contribution is 2.21. The monoisotopic (exact) mass is 458 g/mol. The molecule has 8 nitrogen and oxygen atoms in total. The van der Waals surface area contributed by atoms with Gasteiger partial charge in [-0.1, -0.05) is 12.1 Å². The van der Waals surface area contributed by atoms with E-state index in [9.17, 15) is 9.59 Å². The first kappa shape index (κ1) is 20.8. The van der Waals surface area contributed by atoms with Crippen molar-refractivity contribution in [2.24, 2.45) is 0 Å². The van der Waals surface area contributed by atoms with E-state index in [0.29, 0.717) is 24.3 Å². The number of hydrogen-bond donors (Lipinski definition) is 2. The molecule has 9 heteroatoms. The third kappa shape index (κ3) is 4.40. The lowest BCUT2D eigenvalue weighted by Gasteiger charge is -2.07. The Morgan fingerprint density at radius 3 is 2.34 bits per heavy atom. The molecular weight excluding hydrogens is 436 g/mol. The molecule has 29 heavy (non-hydrogen) atoms. The van der Waals surface area contributed by atoms with Crippen LogP contribution in [0.5, 0.6) is 0 Å². The zero-order chi connectivity index (χ0) is 21.1. The van der Waals surface area contributed by atoms with Crippen molar-refractivity contribution < 1.29 is 9.59 Å². The minimum absolute atomic E-state index is 0.189. The van der Waals surface area contributed by atoms with Crippen molar-refractivity contribution in [3.8, 4) is 0 Å². The van der Waals surface area contributed by atoms with E-state index in [4.69, 9.17) is 0 Å². The Morgan fingerprint density at radius 2 is 1.79 bits per heavy atom. The molecule has 0 spiro atoms. The lowest BCUT2D eigenvalue weighted by molar-refractivity contribution is 0.0958. The molecule has 0 atom stereocenters. The highest BCUT2D eigenvalue weighted by atomic mass is 79.9. The molecule has 0 aliphatic rings. The summed E-state index contributed by atoms with van der Waals surface area (Å²) in [6.45, 7) is 7.08. The van der Waals surface area contributed by atoms with Gasteiger partial charge in [0.1, 0.15) is 0 Å². The van der Waals surface area contributed by atoms with E-state index in [2.05, 4.69) is 36.8 Å². The van der Waals surface area contributed by atoms with E-state index in [0.717, 1.165) is 21.4 Å². The van der Waals surface area contributed by atoms with E-state index in [1.54, 1.807) is 23.0 Å². The number of aryl methyl sites for hydroxylation is 2. The molecule has 0 aliphatic heterocycles. The number of amides is 2. The Hall–Kier alpha value is -2.94. The van der Waals surface area contributed by atoms with Crippen LogP contribution in [-0.2, 0) is 13.1 Å². The van der Waals surface area contributed by atoms with Crippen molar-refractivity contribution in [1.82, 2.24) is 24.9 Å². The summed E-state index contributed by atoms with van der Waals surface area (Å²) in [5, 5.41) is 14.0. The molecule has 152 valence electrons. The minimum Gasteiger partial charge on any atom is -0.354 e. The van der Waals surface area contributed by atoms with Gasteiger partial charge in [0.25, 0.3) is 11.8 Å². The van der Waals surface area contributed by atoms with Crippen LogP contribution >= 0.6 is 15.9 Å². The van der Waals surface area contributed by atoms with Gasteiger partial charge < -0.3 is 10.6 Å². The molecule has 0 saturated carbocycles. The van der Waals surface area contributed by atoms with Gasteiger partial charge in [-0.15, -0.1) is 0 Å². The van der Waals surface area contributed by atoms with Gasteiger partial charge in [0.2, 0.25) is 0 Å². The van der Waals surface area contributed by atoms with Crippen LogP contribution in [0.4, 0.5) is 5.69 Å². The first-order chi connectivity index (χ1) is 13.8. The first-order valence-electron chi connectivity index (χ1n) is 9.23. The zero-order valence-electron chi connectivity index (χ0n) is 16.8. The maximum atomic E-state index is 12.6. The maximum absolute atomic E-state index is 12.6. The predicted molar refractivity (Wildman–Crippen MR) is 114 cm³/mol. The fourth-order valence-electron chi connectivity index (χ4n) is 2.92. The second kappa shape index (κ2) is 8.60. The number of carbonyl (C=O) groups is 2. The molecule has 2 N–H and O–H groups in total. The lowest BCUT2D eigenvalue weighted by atomic mass is 10.1. The van der Waals surface area contributed by atoms with E-state index in [1.165, 1.54) is 7.05 Å². The summed E-state index contributed by atoms with van der Waals surface area (Å²) in [4.78, 5) is 24.6. The van der Waals surface area contributed by atoms with E-state index < -0.39 is 0 Å². The summed E-state index contributed by atoms with van der Waals surface area (Å²) < 4.78 is 4.53. The average molecular weight is 459 g/mol. The number of hydrogen-bond acceptors (Lipinski definition) is 4. The number of nitrogens with zero attached hydrogens (tertiary/aromatic N) is 4. The summed E-state index contributed by atoms with van der Waals surface area (Å²) in [6, 6.07) is 7.31. The molecule has 3 aromatic rings. The van der Waals surface area contributed by atoms with Crippen LogP contribution in [0.2, 0.25) is 0 Å². The van der Waals surface area contributed by atoms with Crippen LogP contribution in [0.25, 0.3) is 0 Å². The predicted octanol–water partition coefficient (Wildman–Crippen LogP) is 3.14. The number of halogens is 1. The molecule has 0 aliphatic carbocycles. The summed E-state index contributed by atoms with van der Waals surface area (Å²) in [5.41, 5.74) is 4.10. The van der Waals surface area contributed by atoms with Gasteiger partial charge in [0.15, 0.2) is 5.69 Å². The van der Waals surface area contributed by atoms with Crippen molar-refractivity contribution in [3.05, 3.63) is 63.1 Å². The molecule has 2 aromatic heterocycles. The van der Waals surface area contributed by atoms with Crippen molar-refractivity contribution in [1.29, 1.82) is 0 Å². The van der Waals surface area contributed by atoms with Gasteiger partial charge in [-0.25, -0.2) is 0 Å². The highest BCUT2D eigenvalue weighted by molar-refractivity contribution is 9.10. The van der Waals surface area contributed by atoms with Gasteiger partial charge >= 0.3 is 0 Å². The highest BCUT2D eigenvalue weighted by Gasteiger charge is 2.18. The number of benzene rings is 1. The minimum atomic E-state index is -0.348. The molecule has 2 heterocycles. The molecule has 0 saturated heterocycles. The van der Waals surface area contributed by atoms with Crippen LogP contribution in [-0.4, -0.2) is 38.4 Å². The molecule has 2 amide bonds. The number of carbonyl (C=O) groups excluding carboxylic acids is 2. The maximum Gasteiger partial charge on any atom is 0.273 e. The second-order valence-corrected chi connectivity index (χ2v) is 7.41. The molecule has 0 bridgehead atoms. The normalized spacial score (nSPS) is 10.8. The summed E-state index contributed by atoms with van der Waals surface area (Å²) in [5.74, 6) is -0.648. The van der Waals surface area contributed by atoms with Crippen LogP contribution in [0.3, 0.4) is 0 Å². The Kier molecular flexibility index (Phi) is 6.17. The van der Waals surface area contributed by atoms with Gasteiger partial charge in [0.05, 0.1) is 28.1 Å². The molecule has 0 radical (unpaired) electrons. The van der Waals surface area contributed by atoms with Crippen molar-refractivity contribution in [2.75, 3.05) is 12.4 Å². The SMILES string of the molecule is CCn1cc(NC(=O)c2ccc(Cn3nc(C)c(Br)c3C)cc2)c(C(=O)NC)n1. The zero-order valence-corrected chi connectivity index (χ0v) is 18.4. The topological polar surface area (TPSA) is 93.8 Å².